The molecule has 1 aliphatic rings. The minimum Gasteiger partial charge on any atom is -0.422 e. The lowest BCUT2D eigenvalue weighted by molar-refractivity contribution is 0.495. The topological polar surface area (TPSA) is 58.4 Å². The third-order valence-corrected chi connectivity index (χ3v) is 4.40. The predicted molar refractivity (Wildman–Crippen MR) is 80.7 cm³/mol. The van der Waals surface area contributed by atoms with Crippen molar-refractivity contribution in [3.8, 4) is 0 Å². The third-order valence-electron chi connectivity index (χ3n) is 3.42. The second-order valence-electron chi connectivity index (χ2n) is 4.64. The molecule has 5 nitrogen and oxygen atoms in total. The molecule has 0 bridgehead atoms. The zero-order valence-electron chi connectivity index (χ0n) is 10.9. The number of anilines is 1. The van der Waals surface area contributed by atoms with Crippen LogP contribution in [-0.4, -0.2) is 30.1 Å². The molecule has 1 aromatic heterocycles. The van der Waals surface area contributed by atoms with E-state index in [2.05, 4.69) is 26.2 Å². The second-order valence-corrected chi connectivity index (χ2v) is 5.84. The van der Waals surface area contributed by atoms with Gasteiger partial charge in [-0.05, 0) is 28.9 Å². The van der Waals surface area contributed by atoms with Crippen LogP contribution in [0.4, 0.5) is 10.4 Å². The number of hydrogen-bond acceptors (Lipinski definition) is 5. The Morgan fingerprint density at radius 1 is 1.67 bits per heavy atom. The number of fused-ring (bicyclic) bond motifs is 1. The molecule has 1 fully saturated rings. The lowest BCUT2D eigenvalue weighted by Gasteiger charge is -2.33. The van der Waals surface area contributed by atoms with Gasteiger partial charge < -0.3 is 14.6 Å². The molecule has 2 aromatic rings. The van der Waals surface area contributed by atoms with Gasteiger partial charge in [0.25, 0.3) is 6.01 Å². The zero-order valence-corrected chi connectivity index (χ0v) is 13.3. The Morgan fingerprint density at radius 2 is 2.43 bits per heavy atom. The number of carbonyl (C=O) groups excluding carboxylic acids is 1. The fourth-order valence-electron chi connectivity index (χ4n) is 2.28. The van der Waals surface area contributed by atoms with Crippen molar-refractivity contribution in [3.63, 3.8) is 0 Å². The maximum atomic E-state index is 13.8. The molecule has 0 aliphatic carbocycles. The van der Waals surface area contributed by atoms with Gasteiger partial charge in [-0.3, -0.25) is 0 Å². The van der Waals surface area contributed by atoms with E-state index in [9.17, 15) is 9.18 Å². The van der Waals surface area contributed by atoms with Crippen molar-refractivity contribution in [2.45, 2.75) is 13.0 Å². The molecule has 2 heterocycles. The Hall–Kier alpha value is -1.56. The molecule has 0 spiro atoms. The molecule has 1 atom stereocenters. The van der Waals surface area contributed by atoms with Crippen molar-refractivity contribution >= 4 is 50.6 Å². The van der Waals surface area contributed by atoms with E-state index in [-0.39, 0.29) is 21.1 Å². The quantitative estimate of drug-likeness (QED) is 0.614. The predicted octanol–water partition coefficient (Wildman–Crippen LogP) is 2.90. The first-order chi connectivity index (χ1) is 10.0. The number of benzene rings is 1. The molecule has 1 unspecified atom stereocenters. The van der Waals surface area contributed by atoms with Gasteiger partial charge in [-0.15, -0.1) is 0 Å². The molecule has 0 radical (unpaired) electrons. The molecule has 1 aliphatic heterocycles. The van der Waals surface area contributed by atoms with Crippen LogP contribution >= 0.6 is 27.5 Å². The highest BCUT2D eigenvalue weighted by molar-refractivity contribution is 9.10. The van der Waals surface area contributed by atoms with Crippen LogP contribution in [-0.2, 0) is 4.79 Å². The molecule has 8 heteroatoms. The van der Waals surface area contributed by atoms with E-state index in [1.165, 1.54) is 6.07 Å². The van der Waals surface area contributed by atoms with Gasteiger partial charge in [0.15, 0.2) is 11.4 Å². The van der Waals surface area contributed by atoms with E-state index >= 15 is 0 Å². The number of rotatable bonds is 1. The van der Waals surface area contributed by atoms with Crippen LogP contribution in [0.15, 0.2) is 20.7 Å². The van der Waals surface area contributed by atoms with Gasteiger partial charge in [0, 0.05) is 13.1 Å². The van der Waals surface area contributed by atoms with Gasteiger partial charge >= 0.3 is 0 Å². The molecule has 110 valence electrons. The van der Waals surface area contributed by atoms with E-state index in [4.69, 9.17) is 16.0 Å². The first-order valence-electron chi connectivity index (χ1n) is 6.22. The summed E-state index contributed by atoms with van der Waals surface area (Å²) >= 11 is 8.91. The van der Waals surface area contributed by atoms with Crippen molar-refractivity contribution in [1.29, 1.82) is 0 Å². The summed E-state index contributed by atoms with van der Waals surface area (Å²) in [4.78, 5) is 17.0. The molecule has 0 saturated carbocycles. The van der Waals surface area contributed by atoms with Crippen LogP contribution in [0, 0.1) is 5.82 Å². The summed E-state index contributed by atoms with van der Waals surface area (Å²) in [5.74, 6) is 1.28. The standard InChI is InChI=1S/C13H10BrClFN3O2/c1-6-9(5-20)17-2-3-19(6)13-18-8-4-7(15)11(16)10(14)12(8)21-13/h4,6,17H,2-3H2,1H3. The van der Waals surface area contributed by atoms with Crippen LogP contribution < -0.4 is 10.2 Å². The lowest BCUT2D eigenvalue weighted by Crippen LogP contribution is -2.48. The van der Waals surface area contributed by atoms with Crippen molar-refractivity contribution in [2.24, 2.45) is 0 Å². The highest BCUT2D eigenvalue weighted by atomic mass is 79.9. The molecule has 1 aromatic carbocycles. The highest BCUT2D eigenvalue weighted by Crippen LogP contribution is 2.35. The lowest BCUT2D eigenvalue weighted by atomic mass is 10.2. The number of piperazine rings is 1. The number of aromatic nitrogens is 1. The zero-order chi connectivity index (χ0) is 15.1. The van der Waals surface area contributed by atoms with Crippen LogP contribution in [0.3, 0.4) is 0 Å². The molecular formula is C13H10BrClFN3O2. The second kappa shape index (κ2) is 5.33. The first-order valence-corrected chi connectivity index (χ1v) is 7.39. The van der Waals surface area contributed by atoms with Crippen LogP contribution in [0.1, 0.15) is 6.92 Å². The summed E-state index contributed by atoms with van der Waals surface area (Å²) in [6, 6.07) is 1.48. The number of hydrogen-bond donors (Lipinski definition) is 1. The summed E-state index contributed by atoms with van der Waals surface area (Å²) in [5.41, 5.74) is 1.17. The van der Waals surface area contributed by atoms with Crippen molar-refractivity contribution < 1.29 is 13.6 Å². The van der Waals surface area contributed by atoms with E-state index in [1.54, 1.807) is 0 Å². The Labute approximate surface area is 132 Å². The number of nitrogens with zero attached hydrogens (tertiary/aromatic N) is 2. The SMILES string of the molecule is CC1C(=C=O)NCCN1c1nc2cc(Cl)c(F)c(Br)c2o1. The highest BCUT2D eigenvalue weighted by Gasteiger charge is 2.28. The van der Waals surface area contributed by atoms with Crippen molar-refractivity contribution in [3.05, 3.63) is 27.1 Å². The maximum Gasteiger partial charge on any atom is 0.299 e. The van der Waals surface area contributed by atoms with Gasteiger partial charge in [0.2, 0.25) is 0 Å². The summed E-state index contributed by atoms with van der Waals surface area (Å²) in [7, 11) is 0. The number of nitrogens with one attached hydrogen (secondary N) is 1. The molecule has 21 heavy (non-hydrogen) atoms. The van der Waals surface area contributed by atoms with Gasteiger partial charge in [-0.2, -0.15) is 4.98 Å². The monoisotopic (exact) mass is 373 g/mol. The first kappa shape index (κ1) is 14.4. The van der Waals surface area contributed by atoms with Gasteiger partial charge in [0.05, 0.1) is 15.5 Å². The fraction of sp³-hybridized carbons (Fsp3) is 0.308. The number of oxazole rings is 1. The number of halogens is 3. The molecule has 1 saturated heterocycles. The van der Waals surface area contributed by atoms with Crippen molar-refractivity contribution in [1.82, 2.24) is 10.3 Å². The Balaban J connectivity index is 2.09. The fourth-order valence-corrected chi connectivity index (χ4v) is 3.09. The van der Waals surface area contributed by atoms with Crippen LogP contribution in [0.2, 0.25) is 5.02 Å². The van der Waals surface area contributed by atoms with Gasteiger partial charge in [-0.1, -0.05) is 11.6 Å². The van der Waals surface area contributed by atoms with E-state index < -0.39 is 5.82 Å². The van der Waals surface area contributed by atoms with Crippen LogP contribution in [0.5, 0.6) is 0 Å². The molecule has 1 N–H and O–H groups in total. The Morgan fingerprint density at radius 3 is 3.14 bits per heavy atom. The van der Waals surface area contributed by atoms with Gasteiger partial charge in [0.1, 0.15) is 17.2 Å². The summed E-state index contributed by atoms with van der Waals surface area (Å²) in [6.07, 6.45) is 0. The molecule has 3 rings (SSSR count). The smallest absolute Gasteiger partial charge is 0.299 e. The minimum atomic E-state index is -0.589. The molecule has 0 amide bonds. The Bertz CT molecular complexity index is 772. The average Bonchev–Trinajstić information content (AvgIpc) is 2.89. The van der Waals surface area contributed by atoms with E-state index in [0.29, 0.717) is 30.3 Å². The minimum absolute atomic E-state index is 0.0314. The van der Waals surface area contributed by atoms with E-state index in [1.807, 2.05) is 17.8 Å². The summed E-state index contributed by atoms with van der Waals surface area (Å²) in [6.45, 7) is 3.01. The van der Waals surface area contributed by atoms with Gasteiger partial charge in [-0.25, -0.2) is 9.18 Å². The normalized spacial score (nSPS) is 18.8. The van der Waals surface area contributed by atoms with Crippen molar-refractivity contribution in [2.75, 3.05) is 18.0 Å². The molecular weight excluding hydrogens is 365 g/mol. The Kier molecular flexibility index (Phi) is 3.65. The maximum absolute atomic E-state index is 13.8. The third kappa shape index (κ3) is 2.31. The summed E-state index contributed by atoms with van der Waals surface area (Å²) in [5, 5.41) is 2.94. The van der Waals surface area contributed by atoms with Crippen LogP contribution in [0.25, 0.3) is 11.1 Å². The summed E-state index contributed by atoms with van der Waals surface area (Å²) < 4.78 is 19.5. The largest absolute Gasteiger partial charge is 0.422 e. The average molecular weight is 375 g/mol. The van der Waals surface area contributed by atoms with E-state index in [0.717, 1.165) is 0 Å².